The van der Waals surface area contributed by atoms with Gasteiger partial charge in [-0.05, 0) is 18.6 Å². The number of carboxylic acids is 1. The Labute approximate surface area is 141 Å². The number of carbonyl (C=O) groups is 2. The van der Waals surface area contributed by atoms with E-state index in [0.29, 0.717) is 5.75 Å². The van der Waals surface area contributed by atoms with E-state index in [-0.39, 0.29) is 18.7 Å². The van der Waals surface area contributed by atoms with Crippen LogP contribution in [0.15, 0.2) is 48.5 Å². The van der Waals surface area contributed by atoms with Crippen molar-refractivity contribution in [2.45, 2.75) is 25.8 Å². The molecule has 0 saturated heterocycles. The molecule has 5 nitrogen and oxygen atoms in total. The smallest absolute Gasteiger partial charge is 0.326 e. The van der Waals surface area contributed by atoms with Crippen molar-refractivity contribution in [3.63, 3.8) is 0 Å². The average Bonchev–Trinajstić information content (AvgIpc) is 2.55. The number of ether oxygens (including phenoxy) is 1. The standard InChI is InChI=1S/C19H21NO4/c1-13-8-9-17(24-2)15(10-13)12-18(21)20-16(19(22)23)11-14-6-4-3-5-7-14/h3-10,16H,11-12H2,1-2H3,(H,20,21)(H,22,23)/t16-/m0/s1. The minimum absolute atomic E-state index is 0.0728. The molecule has 0 aliphatic rings. The largest absolute Gasteiger partial charge is 0.496 e. The van der Waals surface area contributed by atoms with Crippen LogP contribution < -0.4 is 10.1 Å². The van der Waals surface area contributed by atoms with Gasteiger partial charge in [-0.2, -0.15) is 0 Å². The molecule has 1 amide bonds. The van der Waals surface area contributed by atoms with Crippen molar-refractivity contribution >= 4 is 11.9 Å². The number of rotatable bonds is 7. The Kier molecular flexibility index (Phi) is 5.95. The number of benzene rings is 2. The molecule has 0 saturated carbocycles. The quantitative estimate of drug-likeness (QED) is 0.818. The minimum Gasteiger partial charge on any atom is -0.496 e. The third-order valence-corrected chi connectivity index (χ3v) is 3.70. The number of carboxylic acid groups (broad SMARTS) is 1. The Morgan fingerprint density at radius 2 is 1.88 bits per heavy atom. The van der Waals surface area contributed by atoms with Gasteiger partial charge in [-0.25, -0.2) is 4.79 Å². The van der Waals surface area contributed by atoms with Crippen LogP contribution in [0, 0.1) is 6.92 Å². The molecule has 24 heavy (non-hydrogen) atoms. The fourth-order valence-electron chi connectivity index (χ4n) is 2.51. The van der Waals surface area contributed by atoms with Gasteiger partial charge in [0.25, 0.3) is 0 Å². The molecule has 0 unspecified atom stereocenters. The Morgan fingerprint density at radius 3 is 2.50 bits per heavy atom. The third-order valence-electron chi connectivity index (χ3n) is 3.70. The van der Waals surface area contributed by atoms with Crippen LogP contribution in [0.1, 0.15) is 16.7 Å². The maximum atomic E-state index is 12.3. The molecular weight excluding hydrogens is 306 g/mol. The summed E-state index contributed by atoms with van der Waals surface area (Å²) in [5.74, 6) is -0.781. The fourth-order valence-corrected chi connectivity index (χ4v) is 2.51. The molecule has 0 spiro atoms. The van der Waals surface area contributed by atoms with Crippen LogP contribution in [0.2, 0.25) is 0 Å². The lowest BCUT2D eigenvalue weighted by Crippen LogP contribution is -2.43. The topological polar surface area (TPSA) is 75.6 Å². The lowest BCUT2D eigenvalue weighted by molar-refractivity contribution is -0.141. The summed E-state index contributed by atoms with van der Waals surface area (Å²) < 4.78 is 5.25. The highest BCUT2D eigenvalue weighted by Crippen LogP contribution is 2.20. The first-order chi connectivity index (χ1) is 11.5. The molecule has 126 valence electrons. The molecule has 2 aromatic carbocycles. The second-order valence-corrected chi connectivity index (χ2v) is 5.64. The molecule has 0 radical (unpaired) electrons. The molecular formula is C19H21NO4. The molecule has 2 aromatic rings. The van der Waals surface area contributed by atoms with Gasteiger partial charge in [-0.1, -0.05) is 48.0 Å². The normalized spacial score (nSPS) is 11.6. The van der Waals surface area contributed by atoms with Crippen LogP contribution in [0.4, 0.5) is 0 Å². The van der Waals surface area contributed by atoms with Gasteiger partial charge in [-0.15, -0.1) is 0 Å². The van der Waals surface area contributed by atoms with Gasteiger partial charge in [0.05, 0.1) is 13.5 Å². The fraction of sp³-hybridized carbons (Fsp3) is 0.263. The Morgan fingerprint density at radius 1 is 1.17 bits per heavy atom. The van der Waals surface area contributed by atoms with E-state index in [2.05, 4.69) is 5.32 Å². The molecule has 0 fully saturated rings. The van der Waals surface area contributed by atoms with Gasteiger partial charge in [0, 0.05) is 12.0 Å². The minimum atomic E-state index is -1.05. The number of aryl methyl sites for hydroxylation is 1. The lowest BCUT2D eigenvalue weighted by atomic mass is 10.0. The average molecular weight is 327 g/mol. The monoisotopic (exact) mass is 327 g/mol. The van der Waals surface area contributed by atoms with E-state index < -0.39 is 12.0 Å². The Hall–Kier alpha value is -2.82. The van der Waals surface area contributed by atoms with E-state index in [1.165, 1.54) is 0 Å². The first kappa shape index (κ1) is 17.5. The van der Waals surface area contributed by atoms with E-state index >= 15 is 0 Å². The molecule has 0 heterocycles. The van der Waals surface area contributed by atoms with Crippen LogP contribution in [0.3, 0.4) is 0 Å². The molecule has 5 heteroatoms. The number of carbonyl (C=O) groups excluding carboxylic acids is 1. The molecule has 0 aromatic heterocycles. The second kappa shape index (κ2) is 8.15. The van der Waals surface area contributed by atoms with Crippen molar-refractivity contribution in [2.75, 3.05) is 7.11 Å². The summed E-state index contributed by atoms with van der Waals surface area (Å²) in [5, 5.41) is 11.9. The van der Waals surface area contributed by atoms with Gasteiger partial charge in [0.15, 0.2) is 0 Å². The van der Waals surface area contributed by atoms with Crippen LogP contribution in [0.5, 0.6) is 5.75 Å². The van der Waals surface area contributed by atoms with E-state index in [9.17, 15) is 14.7 Å². The highest BCUT2D eigenvalue weighted by atomic mass is 16.5. The van der Waals surface area contributed by atoms with Gasteiger partial charge < -0.3 is 15.2 Å². The second-order valence-electron chi connectivity index (χ2n) is 5.64. The van der Waals surface area contributed by atoms with Crippen molar-refractivity contribution in [2.24, 2.45) is 0 Å². The highest BCUT2D eigenvalue weighted by Gasteiger charge is 2.21. The number of methoxy groups -OCH3 is 1. The van der Waals surface area contributed by atoms with Crippen LogP contribution in [0.25, 0.3) is 0 Å². The first-order valence-corrected chi connectivity index (χ1v) is 7.69. The zero-order chi connectivity index (χ0) is 17.5. The lowest BCUT2D eigenvalue weighted by Gasteiger charge is -2.15. The van der Waals surface area contributed by atoms with Crippen molar-refractivity contribution < 1.29 is 19.4 Å². The maximum Gasteiger partial charge on any atom is 0.326 e. The molecule has 0 aliphatic carbocycles. The molecule has 0 bridgehead atoms. The summed E-state index contributed by atoms with van der Waals surface area (Å²) in [6, 6.07) is 13.8. The highest BCUT2D eigenvalue weighted by molar-refractivity contribution is 5.85. The van der Waals surface area contributed by atoms with Crippen molar-refractivity contribution in [3.05, 3.63) is 65.2 Å². The molecule has 0 aliphatic heterocycles. The van der Waals surface area contributed by atoms with Gasteiger partial charge >= 0.3 is 5.97 Å². The van der Waals surface area contributed by atoms with E-state index in [4.69, 9.17) is 4.74 Å². The van der Waals surface area contributed by atoms with Crippen LogP contribution in [-0.2, 0) is 22.4 Å². The maximum absolute atomic E-state index is 12.3. The predicted molar refractivity (Wildman–Crippen MR) is 91.1 cm³/mol. The van der Waals surface area contributed by atoms with Gasteiger partial charge in [-0.3, -0.25) is 4.79 Å². The summed E-state index contributed by atoms with van der Waals surface area (Å²) in [5.41, 5.74) is 2.61. The summed E-state index contributed by atoms with van der Waals surface area (Å²) in [6.45, 7) is 1.93. The van der Waals surface area contributed by atoms with Crippen molar-refractivity contribution in [3.8, 4) is 5.75 Å². The van der Waals surface area contributed by atoms with Crippen molar-refractivity contribution in [1.29, 1.82) is 0 Å². The number of aliphatic carboxylic acids is 1. The predicted octanol–water partition coefficient (Wildman–Crippen LogP) is 2.36. The zero-order valence-corrected chi connectivity index (χ0v) is 13.8. The Balaban J connectivity index is 2.06. The van der Waals surface area contributed by atoms with Gasteiger partial charge in [0.2, 0.25) is 5.91 Å². The third kappa shape index (κ3) is 4.84. The summed E-state index contributed by atoms with van der Waals surface area (Å²) in [6.07, 6.45) is 0.316. The zero-order valence-electron chi connectivity index (χ0n) is 13.8. The summed E-state index contributed by atoms with van der Waals surface area (Å²) in [4.78, 5) is 23.7. The number of hydrogen-bond donors (Lipinski definition) is 2. The molecule has 1 atom stereocenters. The summed E-state index contributed by atoms with van der Waals surface area (Å²) >= 11 is 0. The first-order valence-electron chi connectivity index (χ1n) is 7.69. The van der Waals surface area contributed by atoms with Crippen LogP contribution in [-0.4, -0.2) is 30.1 Å². The summed E-state index contributed by atoms with van der Waals surface area (Å²) in [7, 11) is 1.54. The Bertz CT molecular complexity index is 713. The van der Waals surface area contributed by atoms with E-state index in [0.717, 1.165) is 16.7 Å². The van der Waals surface area contributed by atoms with Crippen molar-refractivity contribution in [1.82, 2.24) is 5.32 Å². The molecule has 2 rings (SSSR count). The molecule has 2 N–H and O–H groups in total. The SMILES string of the molecule is COc1ccc(C)cc1CC(=O)N[C@@H](Cc1ccccc1)C(=O)O. The van der Waals surface area contributed by atoms with E-state index in [1.54, 1.807) is 13.2 Å². The van der Waals surface area contributed by atoms with Crippen LogP contribution >= 0.6 is 0 Å². The number of amides is 1. The van der Waals surface area contributed by atoms with Gasteiger partial charge in [0.1, 0.15) is 11.8 Å². The number of nitrogens with one attached hydrogen (secondary N) is 1. The number of hydrogen-bond acceptors (Lipinski definition) is 3. The van der Waals surface area contributed by atoms with E-state index in [1.807, 2.05) is 49.4 Å².